The van der Waals surface area contributed by atoms with Crippen LogP contribution in [-0.2, 0) is 4.79 Å². The lowest BCUT2D eigenvalue weighted by Gasteiger charge is -2.14. The van der Waals surface area contributed by atoms with E-state index in [4.69, 9.17) is 11.5 Å². The summed E-state index contributed by atoms with van der Waals surface area (Å²) in [5.74, 6) is -0.780. The summed E-state index contributed by atoms with van der Waals surface area (Å²) >= 11 is 0. The van der Waals surface area contributed by atoms with E-state index < -0.39 is 17.9 Å². The van der Waals surface area contributed by atoms with Crippen molar-refractivity contribution in [1.29, 1.82) is 0 Å². The van der Waals surface area contributed by atoms with Gasteiger partial charge in [0.1, 0.15) is 17.4 Å². The van der Waals surface area contributed by atoms with E-state index in [-0.39, 0.29) is 17.3 Å². The van der Waals surface area contributed by atoms with E-state index in [9.17, 15) is 9.59 Å². The average molecular weight is 328 g/mol. The molecule has 0 aliphatic rings. The number of nitrogens with one attached hydrogen (secondary N) is 2. The maximum atomic E-state index is 11.6. The minimum atomic E-state index is -0.656. The number of amides is 2. The lowest BCUT2D eigenvalue weighted by Crippen LogP contribution is -2.33. The molecule has 0 radical (unpaired) electrons. The summed E-state index contributed by atoms with van der Waals surface area (Å²) in [6.07, 6.45) is 1.30. The Balaban J connectivity index is 2.37. The summed E-state index contributed by atoms with van der Waals surface area (Å²) in [7, 11) is 0. The Morgan fingerprint density at radius 1 is 1.12 bits per heavy atom. The molecule has 24 heavy (non-hydrogen) atoms. The molecule has 1 aromatic carbocycles. The van der Waals surface area contributed by atoms with Crippen LogP contribution in [0, 0.1) is 13.8 Å². The summed E-state index contributed by atoms with van der Waals surface area (Å²) in [5.41, 5.74) is 13.6. The topological polar surface area (TPSA) is 136 Å². The largest absolute Gasteiger partial charge is 0.368 e. The van der Waals surface area contributed by atoms with Crippen molar-refractivity contribution in [2.75, 3.05) is 10.6 Å². The maximum absolute atomic E-state index is 11.6. The van der Waals surface area contributed by atoms with Crippen LogP contribution in [0.1, 0.15) is 28.4 Å². The first kappa shape index (κ1) is 17.2. The lowest BCUT2D eigenvalue weighted by atomic mass is 10.1. The van der Waals surface area contributed by atoms with E-state index in [1.807, 2.05) is 32.0 Å². The van der Waals surface area contributed by atoms with Crippen LogP contribution in [-0.4, -0.2) is 27.8 Å². The van der Waals surface area contributed by atoms with E-state index in [1.54, 1.807) is 6.92 Å². The first-order chi connectivity index (χ1) is 11.3. The fraction of sp³-hybridized carbons (Fsp3) is 0.250. The Labute approximate surface area is 139 Å². The first-order valence-electron chi connectivity index (χ1n) is 7.34. The van der Waals surface area contributed by atoms with E-state index in [0.717, 1.165) is 16.8 Å². The zero-order chi connectivity index (χ0) is 17.9. The van der Waals surface area contributed by atoms with Gasteiger partial charge in [-0.1, -0.05) is 6.07 Å². The molecule has 0 bridgehead atoms. The number of rotatable bonds is 6. The van der Waals surface area contributed by atoms with Crippen molar-refractivity contribution in [2.45, 2.75) is 26.8 Å². The third-order valence-electron chi connectivity index (χ3n) is 3.31. The van der Waals surface area contributed by atoms with Gasteiger partial charge < -0.3 is 22.1 Å². The van der Waals surface area contributed by atoms with E-state index in [2.05, 4.69) is 20.6 Å². The van der Waals surface area contributed by atoms with Gasteiger partial charge in [0.25, 0.3) is 5.91 Å². The zero-order valence-corrected chi connectivity index (χ0v) is 13.8. The van der Waals surface area contributed by atoms with Crippen molar-refractivity contribution in [3.63, 3.8) is 0 Å². The van der Waals surface area contributed by atoms with Crippen LogP contribution in [0.25, 0.3) is 0 Å². The number of anilines is 3. The number of hydrogen-bond donors (Lipinski definition) is 4. The Hall–Kier alpha value is -3.16. The predicted octanol–water partition coefficient (Wildman–Crippen LogP) is 1.22. The molecule has 2 aromatic rings. The standard InChI is InChI=1S/C16H20N6O2/c1-8-4-9(2)6-11(5-8)21-15-12(14(18)24)7-19-16(22-15)20-10(3)13(17)23/h4-7,10H,1-3H3,(H2,17,23)(H2,18,24)(H2,19,20,21,22). The van der Waals surface area contributed by atoms with Gasteiger partial charge in [-0.25, -0.2) is 4.98 Å². The second kappa shape index (κ2) is 6.95. The van der Waals surface area contributed by atoms with Crippen LogP contribution < -0.4 is 22.1 Å². The average Bonchev–Trinajstić information content (AvgIpc) is 2.45. The molecule has 1 atom stereocenters. The second-order valence-electron chi connectivity index (χ2n) is 5.59. The highest BCUT2D eigenvalue weighted by molar-refractivity contribution is 5.98. The van der Waals surface area contributed by atoms with Gasteiger partial charge in [-0.05, 0) is 44.0 Å². The van der Waals surface area contributed by atoms with Crippen LogP contribution in [0.15, 0.2) is 24.4 Å². The summed E-state index contributed by atoms with van der Waals surface area (Å²) in [5, 5.41) is 5.84. The minimum Gasteiger partial charge on any atom is -0.368 e. The molecule has 1 heterocycles. The van der Waals surface area contributed by atoms with Crippen molar-refractivity contribution < 1.29 is 9.59 Å². The second-order valence-corrected chi connectivity index (χ2v) is 5.59. The Morgan fingerprint density at radius 2 is 1.75 bits per heavy atom. The fourth-order valence-corrected chi connectivity index (χ4v) is 2.18. The molecule has 8 heteroatoms. The highest BCUT2D eigenvalue weighted by Gasteiger charge is 2.15. The minimum absolute atomic E-state index is 0.145. The molecule has 0 aliphatic carbocycles. The number of carbonyl (C=O) groups is 2. The Bertz CT molecular complexity index is 770. The third kappa shape index (κ3) is 4.19. The fourth-order valence-electron chi connectivity index (χ4n) is 2.18. The molecule has 2 amide bonds. The van der Waals surface area contributed by atoms with Crippen molar-refractivity contribution >= 4 is 29.3 Å². The molecule has 6 N–H and O–H groups in total. The maximum Gasteiger partial charge on any atom is 0.254 e. The van der Waals surface area contributed by atoms with Gasteiger partial charge in [0.15, 0.2) is 0 Å². The Kier molecular flexibility index (Phi) is 4.98. The van der Waals surface area contributed by atoms with Crippen LogP contribution in [0.3, 0.4) is 0 Å². The summed E-state index contributed by atoms with van der Waals surface area (Å²) in [4.78, 5) is 31.0. The van der Waals surface area contributed by atoms with Crippen LogP contribution >= 0.6 is 0 Å². The van der Waals surface area contributed by atoms with Crippen LogP contribution in [0.4, 0.5) is 17.5 Å². The SMILES string of the molecule is Cc1cc(C)cc(Nc2nc(NC(C)C(N)=O)ncc2C(N)=O)c1. The summed E-state index contributed by atoms with van der Waals surface area (Å²) < 4.78 is 0. The van der Waals surface area contributed by atoms with Crippen molar-refractivity contribution in [3.8, 4) is 0 Å². The lowest BCUT2D eigenvalue weighted by molar-refractivity contribution is -0.118. The quantitative estimate of drug-likeness (QED) is 0.629. The highest BCUT2D eigenvalue weighted by atomic mass is 16.1. The molecule has 0 saturated heterocycles. The molecule has 1 aromatic heterocycles. The summed E-state index contributed by atoms with van der Waals surface area (Å²) in [6, 6.07) is 5.21. The van der Waals surface area contributed by atoms with Gasteiger partial charge in [0.05, 0.1) is 0 Å². The number of primary amides is 2. The van der Waals surface area contributed by atoms with Gasteiger partial charge in [0.2, 0.25) is 11.9 Å². The molecular weight excluding hydrogens is 308 g/mol. The van der Waals surface area contributed by atoms with Crippen molar-refractivity contribution in [2.24, 2.45) is 11.5 Å². The highest BCUT2D eigenvalue weighted by Crippen LogP contribution is 2.22. The van der Waals surface area contributed by atoms with Crippen molar-refractivity contribution in [1.82, 2.24) is 9.97 Å². The number of carbonyl (C=O) groups excluding carboxylic acids is 2. The van der Waals surface area contributed by atoms with Gasteiger partial charge in [-0.15, -0.1) is 0 Å². The number of hydrogen-bond acceptors (Lipinski definition) is 6. The van der Waals surface area contributed by atoms with Crippen molar-refractivity contribution in [3.05, 3.63) is 41.1 Å². The van der Waals surface area contributed by atoms with Gasteiger partial charge in [0, 0.05) is 11.9 Å². The number of aryl methyl sites for hydroxylation is 2. The third-order valence-corrected chi connectivity index (χ3v) is 3.31. The number of benzene rings is 1. The van der Waals surface area contributed by atoms with Crippen LogP contribution in [0.2, 0.25) is 0 Å². The molecule has 0 spiro atoms. The molecule has 126 valence electrons. The monoisotopic (exact) mass is 328 g/mol. The van der Waals surface area contributed by atoms with Gasteiger partial charge >= 0.3 is 0 Å². The molecular formula is C16H20N6O2. The van der Waals surface area contributed by atoms with Gasteiger partial charge in [-0.3, -0.25) is 9.59 Å². The number of nitrogens with zero attached hydrogens (tertiary/aromatic N) is 2. The first-order valence-corrected chi connectivity index (χ1v) is 7.34. The number of nitrogens with two attached hydrogens (primary N) is 2. The number of aromatic nitrogens is 2. The molecule has 0 saturated carbocycles. The molecule has 0 fully saturated rings. The molecule has 0 aliphatic heterocycles. The normalized spacial score (nSPS) is 11.6. The van der Waals surface area contributed by atoms with Gasteiger partial charge in [-0.2, -0.15) is 4.98 Å². The molecule has 2 rings (SSSR count). The smallest absolute Gasteiger partial charge is 0.254 e. The van der Waals surface area contributed by atoms with E-state index in [1.165, 1.54) is 6.20 Å². The molecule has 1 unspecified atom stereocenters. The zero-order valence-electron chi connectivity index (χ0n) is 13.8. The van der Waals surface area contributed by atoms with Crippen LogP contribution in [0.5, 0.6) is 0 Å². The predicted molar refractivity (Wildman–Crippen MR) is 92.0 cm³/mol. The molecule has 8 nitrogen and oxygen atoms in total. The summed E-state index contributed by atoms with van der Waals surface area (Å²) in [6.45, 7) is 5.52. The van der Waals surface area contributed by atoms with E-state index >= 15 is 0 Å². The van der Waals surface area contributed by atoms with E-state index in [0.29, 0.717) is 0 Å². The Morgan fingerprint density at radius 3 is 2.29 bits per heavy atom.